The number of carbonyl (C=O) groups is 1. The van der Waals surface area contributed by atoms with E-state index in [1.807, 2.05) is 11.8 Å². The highest BCUT2D eigenvalue weighted by atomic mass is 16.5. The highest BCUT2D eigenvalue weighted by molar-refractivity contribution is 5.86. The van der Waals surface area contributed by atoms with Gasteiger partial charge in [0.1, 0.15) is 12.1 Å². The Kier molecular flexibility index (Phi) is 5.14. The number of hydrogen-bond donors (Lipinski definition) is 2. The number of benzene rings is 1. The molecule has 0 aliphatic carbocycles. The number of carbonyl (C=O) groups excluding carboxylic acids is 1. The Bertz CT molecular complexity index is 554. The maximum absolute atomic E-state index is 12.1. The summed E-state index contributed by atoms with van der Waals surface area (Å²) in [6.07, 6.45) is 0. The quantitative estimate of drug-likeness (QED) is 0.837. The molecule has 0 saturated carbocycles. The van der Waals surface area contributed by atoms with Gasteiger partial charge in [-0.3, -0.25) is 4.79 Å². The third kappa shape index (κ3) is 3.32. The van der Waals surface area contributed by atoms with E-state index in [1.54, 1.807) is 18.2 Å². The standard InChI is InChI=1S/C15H19N3O3/c1-2-17-15(20)14-10-21-6-5-18(14)13-4-3-11(9-19)7-12(13)8-16/h3-4,7,14,19H,2,5-6,9-10H2,1H3,(H,17,20). The van der Waals surface area contributed by atoms with E-state index < -0.39 is 6.04 Å². The number of likely N-dealkylation sites (N-methyl/N-ethyl adjacent to an activating group) is 1. The molecule has 6 heteroatoms. The monoisotopic (exact) mass is 289 g/mol. The zero-order valence-corrected chi connectivity index (χ0v) is 12.0. The molecule has 6 nitrogen and oxygen atoms in total. The van der Waals surface area contributed by atoms with Crippen molar-refractivity contribution in [2.75, 3.05) is 31.2 Å². The number of nitrogens with zero attached hydrogens (tertiary/aromatic N) is 2. The number of amides is 1. The van der Waals surface area contributed by atoms with Crippen molar-refractivity contribution in [2.45, 2.75) is 19.6 Å². The molecule has 1 aromatic carbocycles. The van der Waals surface area contributed by atoms with Crippen LogP contribution >= 0.6 is 0 Å². The molecule has 1 aliphatic rings. The molecule has 2 rings (SSSR count). The number of nitriles is 1. The fraction of sp³-hybridized carbons (Fsp3) is 0.467. The van der Waals surface area contributed by atoms with E-state index >= 15 is 0 Å². The minimum absolute atomic E-state index is 0.104. The van der Waals surface area contributed by atoms with Crippen molar-refractivity contribution >= 4 is 11.6 Å². The largest absolute Gasteiger partial charge is 0.392 e. The maximum Gasteiger partial charge on any atom is 0.245 e. The highest BCUT2D eigenvalue weighted by Crippen LogP contribution is 2.25. The number of ether oxygens (including phenoxy) is 1. The number of morpholine rings is 1. The van der Waals surface area contributed by atoms with Gasteiger partial charge >= 0.3 is 0 Å². The fourth-order valence-electron chi connectivity index (χ4n) is 2.42. The molecule has 1 aromatic rings. The molecule has 0 spiro atoms. The van der Waals surface area contributed by atoms with Crippen molar-refractivity contribution in [2.24, 2.45) is 0 Å². The Morgan fingerprint density at radius 3 is 3.10 bits per heavy atom. The zero-order valence-electron chi connectivity index (χ0n) is 12.0. The van der Waals surface area contributed by atoms with Gasteiger partial charge in [-0.2, -0.15) is 5.26 Å². The summed E-state index contributed by atoms with van der Waals surface area (Å²) in [7, 11) is 0. The van der Waals surface area contributed by atoms with Crippen molar-refractivity contribution < 1.29 is 14.6 Å². The molecule has 0 bridgehead atoms. The van der Waals surface area contributed by atoms with Crippen LogP contribution in [0, 0.1) is 11.3 Å². The minimum atomic E-state index is -0.439. The van der Waals surface area contributed by atoms with Crippen molar-refractivity contribution in [1.29, 1.82) is 5.26 Å². The van der Waals surface area contributed by atoms with Crippen LogP contribution in [0.1, 0.15) is 18.1 Å². The molecule has 1 atom stereocenters. The van der Waals surface area contributed by atoms with Gasteiger partial charge in [0.05, 0.1) is 31.1 Å². The van der Waals surface area contributed by atoms with E-state index in [0.29, 0.717) is 43.1 Å². The van der Waals surface area contributed by atoms with Gasteiger partial charge in [0, 0.05) is 13.1 Å². The third-order valence-electron chi connectivity index (χ3n) is 3.46. The lowest BCUT2D eigenvalue weighted by molar-refractivity contribution is -0.124. The third-order valence-corrected chi connectivity index (χ3v) is 3.46. The van der Waals surface area contributed by atoms with Crippen molar-refractivity contribution in [3.8, 4) is 6.07 Å². The molecule has 0 radical (unpaired) electrons. The lowest BCUT2D eigenvalue weighted by Gasteiger charge is -2.36. The summed E-state index contributed by atoms with van der Waals surface area (Å²) in [6, 6.07) is 6.89. The summed E-state index contributed by atoms with van der Waals surface area (Å²) in [6.45, 7) is 3.67. The smallest absolute Gasteiger partial charge is 0.245 e. The molecule has 2 N–H and O–H groups in total. The van der Waals surface area contributed by atoms with Gasteiger partial charge in [0.2, 0.25) is 5.91 Å². The fourth-order valence-corrected chi connectivity index (χ4v) is 2.42. The molecule has 112 valence electrons. The van der Waals surface area contributed by atoms with Crippen LogP contribution in [-0.2, 0) is 16.1 Å². The minimum Gasteiger partial charge on any atom is -0.392 e. The molecule has 1 heterocycles. The van der Waals surface area contributed by atoms with Crippen LogP contribution < -0.4 is 10.2 Å². The number of nitrogens with one attached hydrogen (secondary N) is 1. The van der Waals surface area contributed by atoms with Gasteiger partial charge in [0.25, 0.3) is 0 Å². The average Bonchev–Trinajstić information content (AvgIpc) is 2.54. The van der Waals surface area contributed by atoms with Crippen LogP contribution in [0.25, 0.3) is 0 Å². The molecular formula is C15H19N3O3. The second-order valence-corrected chi connectivity index (χ2v) is 4.80. The van der Waals surface area contributed by atoms with Crippen LogP contribution in [0.2, 0.25) is 0 Å². The number of hydrogen-bond acceptors (Lipinski definition) is 5. The van der Waals surface area contributed by atoms with Crippen LogP contribution in [-0.4, -0.2) is 43.4 Å². The second kappa shape index (κ2) is 7.07. The van der Waals surface area contributed by atoms with E-state index in [0.717, 1.165) is 0 Å². The van der Waals surface area contributed by atoms with Crippen molar-refractivity contribution in [3.63, 3.8) is 0 Å². The Balaban J connectivity index is 2.33. The number of aliphatic hydroxyl groups excluding tert-OH is 1. The lowest BCUT2D eigenvalue weighted by atomic mass is 10.1. The van der Waals surface area contributed by atoms with Crippen molar-refractivity contribution in [1.82, 2.24) is 5.32 Å². The summed E-state index contributed by atoms with van der Waals surface area (Å²) >= 11 is 0. The number of anilines is 1. The molecule has 1 saturated heterocycles. The normalized spacial score (nSPS) is 18.1. The molecule has 1 unspecified atom stereocenters. The van der Waals surface area contributed by atoms with Gasteiger partial charge in [0.15, 0.2) is 0 Å². The maximum atomic E-state index is 12.1. The lowest BCUT2D eigenvalue weighted by Crippen LogP contribution is -2.54. The summed E-state index contributed by atoms with van der Waals surface area (Å²) in [4.78, 5) is 14.0. The summed E-state index contributed by atoms with van der Waals surface area (Å²) in [5, 5.41) is 21.3. The molecule has 1 aliphatic heterocycles. The Morgan fingerprint density at radius 1 is 1.62 bits per heavy atom. The Labute approximate surface area is 123 Å². The van der Waals surface area contributed by atoms with Gasteiger partial charge in [-0.1, -0.05) is 6.07 Å². The van der Waals surface area contributed by atoms with Gasteiger partial charge in [-0.15, -0.1) is 0 Å². The first-order chi connectivity index (χ1) is 10.2. The van der Waals surface area contributed by atoms with Crippen LogP contribution in [0.3, 0.4) is 0 Å². The predicted octanol–water partition coefficient (Wildman–Crippen LogP) is 0.392. The summed E-state index contributed by atoms with van der Waals surface area (Å²) in [5.74, 6) is -0.104. The second-order valence-electron chi connectivity index (χ2n) is 4.80. The molecule has 1 fully saturated rings. The highest BCUT2D eigenvalue weighted by Gasteiger charge is 2.30. The van der Waals surface area contributed by atoms with Gasteiger partial charge in [-0.25, -0.2) is 0 Å². The molecular weight excluding hydrogens is 270 g/mol. The predicted molar refractivity (Wildman–Crippen MR) is 77.7 cm³/mol. The van der Waals surface area contributed by atoms with Crippen LogP contribution in [0.5, 0.6) is 0 Å². The first-order valence-corrected chi connectivity index (χ1v) is 6.97. The topological polar surface area (TPSA) is 85.6 Å². The first-order valence-electron chi connectivity index (χ1n) is 6.97. The van der Waals surface area contributed by atoms with Crippen LogP contribution in [0.15, 0.2) is 18.2 Å². The summed E-state index contributed by atoms with van der Waals surface area (Å²) in [5.41, 5.74) is 1.84. The number of aliphatic hydroxyl groups is 1. The number of rotatable bonds is 4. The zero-order chi connectivity index (χ0) is 15.2. The summed E-state index contributed by atoms with van der Waals surface area (Å²) < 4.78 is 5.39. The van der Waals surface area contributed by atoms with E-state index in [4.69, 9.17) is 9.84 Å². The van der Waals surface area contributed by atoms with E-state index in [-0.39, 0.29) is 12.5 Å². The molecule has 0 aromatic heterocycles. The molecule has 1 amide bonds. The van der Waals surface area contributed by atoms with E-state index in [2.05, 4.69) is 11.4 Å². The van der Waals surface area contributed by atoms with Gasteiger partial charge < -0.3 is 20.1 Å². The first kappa shape index (κ1) is 15.3. The SMILES string of the molecule is CCNC(=O)C1COCCN1c1ccc(CO)cc1C#N. The average molecular weight is 289 g/mol. The van der Waals surface area contributed by atoms with E-state index in [9.17, 15) is 10.1 Å². The molecule has 21 heavy (non-hydrogen) atoms. The Hall–Kier alpha value is -2.10. The Morgan fingerprint density at radius 2 is 2.43 bits per heavy atom. The van der Waals surface area contributed by atoms with E-state index in [1.165, 1.54) is 0 Å². The van der Waals surface area contributed by atoms with Crippen molar-refractivity contribution in [3.05, 3.63) is 29.3 Å². The van der Waals surface area contributed by atoms with Crippen LogP contribution in [0.4, 0.5) is 5.69 Å². The van der Waals surface area contributed by atoms with Gasteiger partial charge in [-0.05, 0) is 24.6 Å².